The van der Waals surface area contributed by atoms with Gasteiger partial charge >= 0.3 is 0 Å². The smallest absolute Gasteiger partial charge is 0.287 e. The Morgan fingerprint density at radius 2 is 1.94 bits per heavy atom. The molecule has 0 saturated carbocycles. The molecular formula is C9H13N3O6. The summed E-state index contributed by atoms with van der Waals surface area (Å²) in [6, 6.07) is 1.01. The predicted molar refractivity (Wildman–Crippen MR) is 58.9 cm³/mol. The van der Waals surface area contributed by atoms with E-state index >= 15 is 0 Å². The number of aromatic nitrogens is 1. The van der Waals surface area contributed by atoms with Crippen molar-refractivity contribution in [3.63, 3.8) is 0 Å². The van der Waals surface area contributed by atoms with E-state index in [0.29, 0.717) is 0 Å². The van der Waals surface area contributed by atoms with Gasteiger partial charge in [0.15, 0.2) is 0 Å². The molecule has 1 rings (SSSR count). The molecule has 0 atom stereocenters. The van der Waals surface area contributed by atoms with Gasteiger partial charge in [-0.15, -0.1) is 0 Å². The lowest BCUT2D eigenvalue weighted by atomic mass is 10.0. The number of nitrogens with zero attached hydrogens (tertiary/aromatic N) is 1. The normalized spacial score (nSPS) is 11.3. The Kier molecular flexibility index (Phi) is 4.37. The molecular weight excluding hydrogens is 246 g/mol. The Hall–Kier alpha value is -1.97. The molecule has 0 aliphatic heterocycles. The highest BCUT2D eigenvalue weighted by atomic mass is 16.6. The van der Waals surface area contributed by atoms with Crippen molar-refractivity contribution < 1.29 is 25.0 Å². The van der Waals surface area contributed by atoms with Gasteiger partial charge in [0, 0.05) is 6.07 Å². The first-order chi connectivity index (χ1) is 8.48. The van der Waals surface area contributed by atoms with Crippen molar-refractivity contribution in [2.24, 2.45) is 0 Å². The number of hydrogen-bond donors (Lipinski definition) is 5. The average molecular weight is 259 g/mol. The molecule has 9 nitrogen and oxygen atoms in total. The number of carbonyl (C=O) groups is 1. The lowest BCUT2D eigenvalue weighted by Crippen LogP contribution is -2.57. The third-order valence-corrected chi connectivity index (χ3v) is 2.41. The maximum atomic E-state index is 11.7. The second-order valence-electron chi connectivity index (χ2n) is 3.74. The zero-order chi connectivity index (χ0) is 13.8. The highest BCUT2D eigenvalue weighted by Gasteiger charge is 2.31. The summed E-state index contributed by atoms with van der Waals surface area (Å²) in [7, 11) is 0. The molecule has 9 heteroatoms. The molecule has 5 N–H and O–H groups in total. The number of amides is 1. The zero-order valence-corrected chi connectivity index (χ0v) is 9.29. The van der Waals surface area contributed by atoms with E-state index in [0.717, 1.165) is 12.3 Å². The van der Waals surface area contributed by atoms with Crippen molar-refractivity contribution in [1.82, 2.24) is 10.3 Å². The number of aliphatic hydroxyl groups excluding tert-OH is 3. The van der Waals surface area contributed by atoms with Gasteiger partial charge in [0.1, 0.15) is 11.2 Å². The Balaban J connectivity index is 2.84. The number of H-pyrrole nitrogens is 1. The molecule has 1 aromatic heterocycles. The topological polar surface area (TPSA) is 149 Å². The van der Waals surface area contributed by atoms with Gasteiger partial charge in [-0.2, -0.15) is 0 Å². The summed E-state index contributed by atoms with van der Waals surface area (Å²) in [5.74, 6) is -0.778. The van der Waals surface area contributed by atoms with Crippen molar-refractivity contribution in [2.45, 2.75) is 5.54 Å². The number of nitrogens with one attached hydrogen (secondary N) is 2. The first-order valence-corrected chi connectivity index (χ1v) is 4.96. The lowest BCUT2D eigenvalue weighted by Gasteiger charge is -2.28. The molecule has 1 amide bonds. The summed E-state index contributed by atoms with van der Waals surface area (Å²) in [5.41, 5.74) is -1.97. The zero-order valence-electron chi connectivity index (χ0n) is 9.29. The Morgan fingerprint density at radius 3 is 2.33 bits per heavy atom. The molecule has 1 aromatic rings. The van der Waals surface area contributed by atoms with Gasteiger partial charge in [-0.05, 0) is 0 Å². The maximum Gasteiger partial charge on any atom is 0.287 e. The van der Waals surface area contributed by atoms with Crippen LogP contribution in [0.15, 0.2) is 12.3 Å². The molecule has 0 aliphatic rings. The van der Waals surface area contributed by atoms with Gasteiger partial charge in [-0.25, -0.2) is 0 Å². The van der Waals surface area contributed by atoms with Crippen LogP contribution in [0.5, 0.6) is 0 Å². The predicted octanol–water partition coefficient (Wildman–Crippen LogP) is -1.63. The van der Waals surface area contributed by atoms with E-state index in [1.165, 1.54) is 0 Å². The molecule has 0 fully saturated rings. The highest BCUT2D eigenvalue weighted by molar-refractivity contribution is 5.93. The van der Waals surface area contributed by atoms with Crippen molar-refractivity contribution >= 4 is 11.6 Å². The highest BCUT2D eigenvalue weighted by Crippen LogP contribution is 2.13. The van der Waals surface area contributed by atoms with Gasteiger partial charge in [-0.3, -0.25) is 14.9 Å². The Bertz CT molecular complexity index is 431. The second-order valence-corrected chi connectivity index (χ2v) is 3.74. The van der Waals surface area contributed by atoms with E-state index in [2.05, 4.69) is 10.3 Å². The number of aliphatic hydroxyl groups is 3. The SMILES string of the molecule is O=C(NC(CO)(CO)CO)c1cc([N+](=O)[O-])c[nH]1. The molecule has 0 unspecified atom stereocenters. The summed E-state index contributed by atoms with van der Waals surface area (Å²) in [6.45, 7) is -2.02. The third-order valence-electron chi connectivity index (χ3n) is 2.41. The van der Waals surface area contributed by atoms with Crippen LogP contribution in [-0.4, -0.2) is 56.5 Å². The van der Waals surface area contributed by atoms with Crippen LogP contribution in [0.4, 0.5) is 5.69 Å². The lowest BCUT2D eigenvalue weighted by molar-refractivity contribution is -0.384. The first kappa shape index (κ1) is 14.1. The van der Waals surface area contributed by atoms with Crippen LogP contribution in [0.3, 0.4) is 0 Å². The van der Waals surface area contributed by atoms with Crippen molar-refractivity contribution in [3.05, 3.63) is 28.1 Å². The minimum Gasteiger partial charge on any atom is -0.394 e. The quantitative estimate of drug-likeness (QED) is 0.306. The van der Waals surface area contributed by atoms with Crippen molar-refractivity contribution in [3.8, 4) is 0 Å². The molecule has 1 heterocycles. The molecule has 0 spiro atoms. The number of carbonyl (C=O) groups excluding carboxylic acids is 1. The maximum absolute atomic E-state index is 11.7. The van der Waals surface area contributed by atoms with Crippen LogP contribution in [0.1, 0.15) is 10.5 Å². The summed E-state index contributed by atoms with van der Waals surface area (Å²) in [4.78, 5) is 23.8. The van der Waals surface area contributed by atoms with E-state index < -0.39 is 36.2 Å². The van der Waals surface area contributed by atoms with E-state index in [1.54, 1.807) is 0 Å². The number of hydrogen-bond acceptors (Lipinski definition) is 6. The molecule has 0 saturated heterocycles. The molecule has 18 heavy (non-hydrogen) atoms. The standard InChI is InChI=1S/C9H13N3O6/c13-3-9(4-14,5-15)11-8(16)7-1-6(2-10-7)12(17)18/h1-2,10,13-15H,3-5H2,(H,11,16). The molecule has 0 aromatic carbocycles. The minimum absolute atomic E-state index is 0.110. The minimum atomic E-state index is -1.57. The van der Waals surface area contributed by atoms with Gasteiger partial charge in [-0.1, -0.05) is 0 Å². The van der Waals surface area contributed by atoms with Gasteiger partial charge < -0.3 is 25.6 Å². The second kappa shape index (κ2) is 5.58. The number of aromatic amines is 1. The van der Waals surface area contributed by atoms with Gasteiger partial charge in [0.25, 0.3) is 11.6 Å². The van der Waals surface area contributed by atoms with E-state index in [9.17, 15) is 14.9 Å². The first-order valence-electron chi connectivity index (χ1n) is 4.96. The monoisotopic (exact) mass is 259 g/mol. The van der Waals surface area contributed by atoms with Crippen LogP contribution >= 0.6 is 0 Å². The van der Waals surface area contributed by atoms with Crippen LogP contribution in [0.2, 0.25) is 0 Å². The van der Waals surface area contributed by atoms with Gasteiger partial charge in [0.2, 0.25) is 0 Å². The Labute approximate surface area is 101 Å². The van der Waals surface area contributed by atoms with Gasteiger partial charge in [0.05, 0.1) is 30.9 Å². The van der Waals surface area contributed by atoms with E-state index in [4.69, 9.17) is 15.3 Å². The summed E-state index contributed by atoms with van der Waals surface area (Å²) >= 11 is 0. The van der Waals surface area contributed by atoms with Crippen LogP contribution in [0.25, 0.3) is 0 Å². The summed E-state index contributed by atoms with van der Waals surface area (Å²) in [6.07, 6.45) is 1.04. The van der Waals surface area contributed by atoms with E-state index in [-0.39, 0.29) is 11.4 Å². The van der Waals surface area contributed by atoms with E-state index in [1.807, 2.05) is 0 Å². The molecule has 0 bridgehead atoms. The van der Waals surface area contributed by atoms with Crippen LogP contribution in [0, 0.1) is 10.1 Å². The van der Waals surface area contributed by atoms with Crippen LogP contribution in [-0.2, 0) is 0 Å². The number of rotatable bonds is 6. The van der Waals surface area contributed by atoms with Crippen molar-refractivity contribution in [1.29, 1.82) is 0 Å². The fourth-order valence-corrected chi connectivity index (χ4v) is 1.20. The summed E-state index contributed by atoms with van der Waals surface area (Å²) < 4.78 is 0. The summed E-state index contributed by atoms with van der Waals surface area (Å²) in [5, 5.41) is 39.7. The fraction of sp³-hybridized carbons (Fsp3) is 0.444. The largest absolute Gasteiger partial charge is 0.394 e. The Morgan fingerprint density at radius 1 is 1.39 bits per heavy atom. The fourth-order valence-electron chi connectivity index (χ4n) is 1.20. The average Bonchev–Trinajstić information content (AvgIpc) is 2.86. The molecule has 0 radical (unpaired) electrons. The number of nitro groups is 1. The van der Waals surface area contributed by atoms with Crippen LogP contribution < -0.4 is 5.32 Å². The van der Waals surface area contributed by atoms with Crippen molar-refractivity contribution in [2.75, 3.05) is 19.8 Å². The third kappa shape index (κ3) is 2.83. The molecule has 0 aliphatic carbocycles. The molecule has 100 valence electrons.